The van der Waals surface area contributed by atoms with Crippen molar-refractivity contribution in [1.82, 2.24) is 0 Å². The summed E-state index contributed by atoms with van der Waals surface area (Å²) in [5, 5.41) is 0. The van der Waals surface area contributed by atoms with Gasteiger partial charge in [0.1, 0.15) is 0 Å². The van der Waals surface area contributed by atoms with Crippen LogP contribution in [-0.2, 0) is 0 Å². The summed E-state index contributed by atoms with van der Waals surface area (Å²) < 4.78 is 0. The molecule has 0 atom stereocenters. The van der Waals surface area contributed by atoms with Gasteiger partial charge in [0.05, 0.1) is 0 Å². The zero-order chi connectivity index (χ0) is 8.60. The molecule has 2 fully saturated rings. The molecule has 0 bridgehead atoms. The van der Waals surface area contributed by atoms with Crippen molar-refractivity contribution in [1.29, 1.82) is 0 Å². The van der Waals surface area contributed by atoms with Crippen molar-refractivity contribution in [3.05, 3.63) is 0 Å². The first-order chi connectivity index (χ1) is 5.78. The molecule has 2 aliphatic carbocycles. The highest BCUT2D eigenvalue weighted by atomic mass is 14.6. The van der Waals surface area contributed by atoms with E-state index in [1.807, 2.05) is 0 Å². The molecule has 0 amide bonds. The monoisotopic (exact) mass is 167 g/mol. The van der Waals surface area contributed by atoms with E-state index in [1.165, 1.54) is 38.5 Å². The van der Waals surface area contributed by atoms with Crippen LogP contribution in [0.4, 0.5) is 0 Å². The Hall–Kier alpha value is -0.0400. The lowest BCUT2D eigenvalue weighted by Gasteiger charge is -2.47. The van der Waals surface area contributed by atoms with Crippen LogP contribution in [0.2, 0.25) is 0 Å². The average molecular weight is 167 g/mol. The Balaban J connectivity index is 1.81. The quantitative estimate of drug-likeness (QED) is 0.684. The molecule has 0 unspecified atom stereocenters. The predicted molar refractivity (Wildman–Crippen MR) is 51.8 cm³/mol. The third-order valence-corrected chi connectivity index (χ3v) is 3.87. The average Bonchev–Trinajstić information content (AvgIpc) is 2.79. The first-order valence-corrected chi connectivity index (χ1v) is 5.48. The summed E-state index contributed by atoms with van der Waals surface area (Å²) >= 11 is 0. The first-order valence-electron chi connectivity index (χ1n) is 5.48. The SMILES string of the molecule is CCC1CC(CN)(CC2CC2)C1. The van der Waals surface area contributed by atoms with Gasteiger partial charge in [0.15, 0.2) is 0 Å². The molecule has 0 aromatic carbocycles. The van der Waals surface area contributed by atoms with E-state index in [0.29, 0.717) is 5.41 Å². The topological polar surface area (TPSA) is 26.0 Å². The Morgan fingerprint density at radius 3 is 2.33 bits per heavy atom. The van der Waals surface area contributed by atoms with Crippen molar-refractivity contribution in [3.63, 3.8) is 0 Å². The fraction of sp³-hybridized carbons (Fsp3) is 1.00. The van der Waals surface area contributed by atoms with Crippen molar-refractivity contribution < 1.29 is 0 Å². The van der Waals surface area contributed by atoms with Gasteiger partial charge in [-0.1, -0.05) is 26.2 Å². The molecule has 70 valence electrons. The van der Waals surface area contributed by atoms with E-state index in [4.69, 9.17) is 5.73 Å². The second kappa shape index (κ2) is 3.02. The van der Waals surface area contributed by atoms with E-state index in [9.17, 15) is 0 Å². The van der Waals surface area contributed by atoms with Crippen LogP contribution in [0.3, 0.4) is 0 Å². The van der Waals surface area contributed by atoms with Gasteiger partial charge in [-0.25, -0.2) is 0 Å². The maximum atomic E-state index is 5.86. The zero-order valence-electron chi connectivity index (χ0n) is 8.18. The van der Waals surface area contributed by atoms with Crippen LogP contribution in [0.5, 0.6) is 0 Å². The minimum atomic E-state index is 0.599. The van der Waals surface area contributed by atoms with E-state index < -0.39 is 0 Å². The highest BCUT2D eigenvalue weighted by Gasteiger charge is 2.44. The van der Waals surface area contributed by atoms with Gasteiger partial charge in [0.25, 0.3) is 0 Å². The molecule has 0 spiro atoms. The van der Waals surface area contributed by atoms with Gasteiger partial charge in [-0.15, -0.1) is 0 Å². The van der Waals surface area contributed by atoms with E-state index in [1.54, 1.807) is 0 Å². The van der Waals surface area contributed by atoms with Crippen LogP contribution in [-0.4, -0.2) is 6.54 Å². The van der Waals surface area contributed by atoms with Crippen LogP contribution in [0.25, 0.3) is 0 Å². The number of hydrogen-bond acceptors (Lipinski definition) is 1. The predicted octanol–water partition coefficient (Wildman–Crippen LogP) is 2.55. The molecule has 0 radical (unpaired) electrons. The Kier molecular flexibility index (Phi) is 2.16. The highest BCUT2D eigenvalue weighted by Crippen LogP contribution is 2.53. The summed E-state index contributed by atoms with van der Waals surface area (Å²) in [6, 6.07) is 0. The Morgan fingerprint density at radius 2 is 1.92 bits per heavy atom. The van der Waals surface area contributed by atoms with Crippen molar-refractivity contribution in [2.75, 3.05) is 6.54 Å². The van der Waals surface area contributed by atoms with Gasteiger partial charge in [-0.05, 0) is 43.1 Å². The van der Waals surface area contributed by atoms with Crippen molar-refractivity contribution in [2.24, 2.45) is 23.0 Å². The molecular weight excluding hydrogens is 146 g/mol. The minimum absolute atomic E-state index is 0.599. The fourth-order valence-corrected chi connectivity index (χ4v) is 2.80. The summed E-state index contributed by atoms with van der Waals surface area (Å²) in [7, 11) is 0. The molecule has 0 aromatic heterocycles. The van der Waals surface area contributed by atoms with Crippen LogP contribution < -0.4 is 5.73 Å². The summed E-state index contributed by atoms with van der Waals surface area (Å²) in [6.07, 6.45) is 8.64. The van der Waals surface area contributed by atoms with Crippen LogP contribution in [0.15, 0.2) is 0 Å². The second-order valence-corrected chi connectivity index (χ2v) is 5.03. The lowest BCUT2D eigenvalue weighted by molar-refractivity contribution is 0.0457. The van der Waals surface area contributed by atoms with Gasteiger partial charge in [-0.2, -0.15) is 0 Å². The molecule has 2 N–H and O–H groups in total. The van der Waals surface area contributed by atoms with E-state index in [-0.39, 0.29) is 0 Å². The lowest BCUT2D eigenvalue weighted by atomic mass is 9.59. The molecule has 1 nitrogen and oxygen atoms in total. The second-order valence-electron chi connectivity index (χ2n) is 5.03. The summed E-state index contributed by atoms with van der Waals surface area (Å²) in [4.78, 5) is 0. The maximum absolute atomic E-state index is 5.86. The largest absolute Gasteiger partial charge is 0.330 e. The molecule has 1 heteroatoms. The first kappa shape index (κ1) is 8.55. The molecule has 0 aliphatic heterocycles. The van der Waals surface area contributed by atoms with Gasteiger partial charge in [0.2, 0.25) is 0 Å². The van der Waals surface area contributed by atoms with Gasteiger partial charge < -0.3 is 5.73 Å². The molecule has 2 aliphatic rings. The minimum Gasteiger partial charge on any atom is -0.330 e. The summed E-state index contributed by atoms with van der Waals surface area (Å²) in [6.45, 7) is 3.25. The van der Waals surface area contributed by atoms with Gasteiger partial charge in [0, 0.05) is 0 Å². The lowest BCUT2D eigenvalue weighted by Crippen LogP contribution is -2.43. The third-order valence-electron chi connectivity index (χ3n) is 3.87. The number of rotatable bonds is 4. The Labute approximate surface area is 75.7 Å². The maximum Gasteiger partial charge on any atom is -0.00202 e. The van der Waals surface area contributed by atoms with Crippen molar-refractivity contribution in [3.8, 4) is 0 Å². The number of hydrogen-bond donors (Lipinski definition) is 1. The highest BCUT2D eigenvalue weighted by molar-refractivity contribution is 4.97. The normalized spacial score (nSPS) is 41.0. The third kappa shape index (κ3) is 1.52. The van der Waals surface area contributed by atoms with Gasteiger partial charge >= 0.3 is 0 Å². The van der Waals surface area contributed by atoms with Gasteiger partial charge in [-0.3, -0.25) is 0 Å². The van der Waals surface area contributed by atoms with Crippen LogP contribution >= 0.6 is 0 Å². The van der Waals surface area contributed by atoms with Crippen molar-refractivity contribution in [2.45, 2.75) is 45.4 Å². The smallest absolute Gasteiger partial charge is 0.00202 e. The standard InChI is InChI=1S/C11H21N/c1-2-9-5-11(6-9,8-12)7-10-3-4-10/h9-10H,2-8,12H2,1H3. The Bertz CT molecular complexity index is 154. The molecule has 2 saturated carbocycles. The van der Waals surface area contributed by atoms with E-state index >= 15 is 0 Å². The fourth-order valence-electron chi connectivity index (χ4n) is 2.80. The molecule has 0 heterocycles. The summed E-state index contributed by atoms with van der Waals surface area (Å²) in [5.41, 5.74) is 6.46. The Morgan fingerprint density at radius 1 is 1.25 bits per heavy atom. The van der Waals surface area contributed by atoms with Crippen LogP contribution in [0.1, 0.15) is 45.4 Å². The molecule has 2 rings (SSSR count). The van der Waals surface area contributed by atoms with Crippen molar-refractivity contribution >= 4 is 0 Å². The van der Waals surface area contributed by atoms with E-state index in [2.05, 4.69) is 6.92 Å². The summed E-state index contributed by atoms with van der Waals surface area (Å²) in [5.74, 6) is 2.07. The number of nitrogens with two attached hydrogens (primary N) is 1. The molecule has 0 saturated heterocycles. The molecular formula is C11H21N. The van der Waals surface area contributed by atoms with E-state index in [0.717, 1.165) is 18.4 Å². The molecule has 12 heavy (non-hydrogen) atoms. The van der Waals surface area contributed by atoms with Crippen LogP contribution in [0, 0.1) is 17.3 Å². The zero-order valence-corrected chi connectivity index (χ0v) is 8.18. The molecule has 0 aromatic rings.